The van der Waals surface area contributed by atoms with Gasteiger partial charge >= 0.3 is 12.2 Å². The number of nitrogens with one attached hydrogen (secondary N) is 2. The largest absolute Gasteiger partial charge is 0.445 e. The number of hydrogen-bond acceptors (Lipinski definition) is 7. The van der Waals surface area contributed by atoms with Crippen molar-refractivity contribution in [1.82, 2.24) is 20.4 Å². The van der Waals surface area contributed by atoms with Crippen LogP contribution >= 0.6 is 0 Å². The third-order valence-corrected chi connectivity index (χ3v) is 9.89. The molecule has 4 rings (SSSR count). The Morgan fingerprint density at radius 2 is 1.35 bits per heavy atom. The van der Waals surface area contributed by atoms with E-state index in [1.807, 2.05) is 105 Å². The summed E-state index contributed by atoms with van der Waals surface area (Å²) in [6.45, 7) is 10.9. The fourth-order valence-corrected chi connectivity index (χ4v) is 6.86. The van der Waals surface area contributed by atoms with Crippen molar-refractivity contribution in [3.05, 3.63) is 108 Å². The molecular formula is C44H60N4O7. The standard InChI is InChI=1S/C44H60N4O7/c1-31(2)39(41(51)48-24-22-34(23-25-48)29-47(6)43(53)54-30-35-20-14-9-15-21-35)46-40(50)36(26-32-16-10-7-11-17-32)28-38(49)37(27-33-18-12-8-13-19-33)45-42(52)55-44(3,4)5/h7-21,31,34,36-39,49H,22-30H2,1-6H3,(H,45,52)(H,46,50)/t36-,37-,38+,39-/m0/s1. The number of aliphatic hydroxyl groups is 1. The zero-order valence-electron chi connectivity index (χ0n) is 33.3. The molecule has 298 valence electrons. The Balaban J connectivity index is 1.40. The van der Waals surface area contributed by atoms with Crippen LogP contribution < -0.4 is 10.6 Å². The van der Waals surface area contributed by atoms with Crippen LogP contribution in [0.15, 0.2) is 91.0 Å². The number of nitrogens with zero attached hydrogens (tertiary/aromatic N) is 2. The van der Waals surface area contributed by atoms with Crippen molar-refractivity contribution < 1.29 is 33.8 Å². The van der Waals surface area contributed by atoms with E-state index in [0.29, 0.717) is 32.5 Å². The lowest BCUT2D eigenvalue weighted by Crippen LogP contribution is -2.55. The number of benzene rings is 3. The van der Waals surface area contributed by atoms with E-state index in [0.717, 1.165) is 29.5 Å². The van der Waals surface area contributed by atoms with Gasteiger partial charge in [0, 0.05) is 32.6 Å². The molecule has 11 nitrogen and oxygen atoms in total. The van der Waals surface area contributed by atoms with Crippen LogP contribution in [0.3, 0.4) is 0 Å². The molecule has 0 aliphatic carbocycles. The van der Waals surface area contributed by atoms with Crippen LogP contribution in [-0.2, 0) is 38.5 Å². The van der Waals surface area contributed by atoms with Gasteiger partial charge in [0.05, 0.1) is 12.1 Å². The molecule has 55 heavy (non-hydrogen) atoms. The Kier molecular flexibility index (Phi) is 16.1. The van der Waals surface area contributed by atoms with Crippen LogP contribution in [0.2, 0.25) is 0 Å². The summed E-state index contributed by atoms with van der Waals surface area (Å²) < 4.78 is 11.0. The number of hydrogen-bond donors (Lipinski definition) is 3. The van der Waals surface area contributed by atoms with Gasteiger partial charge in [-0.25, -0.2) is 9.59 Å². The van der Waals surface area contributed by atoms with Crippen molar-refractivity contribution in [3.63, 3.8) is 0 Å². The minimum Gasteiger partial charge on any atom is -0.445 e. The summed E-state index contributed by atoms with van der Waals surface area (Å²) in [5, 5.41) is 17.6. The van der Waals surface area contributed by atoms with Crippen LogP contribution in [0.5, 0.6) is 0 Å². The summed E-state index contributed by atoms with van der Waals surface area (Å²) in [6.07, 6.45) is 0.00311. The number of likely N-dealkylation sites (tertiary alicyclic amines) is 1. The molecule has 11 heteroatoms. The minimum atomic E-state index is -1.10. The van der Waals surface area contributed by atoms with Crippen LogP contribution in [0.1, 0.15) is 70.6 Å². The molecule has 0 spiro atoms. The predicted octanol–water partition coefficient (Wildman–Crippen LogP) is 6.38. The molecule has 3 aromatic carbocycles. The predicted molar refractivity (Wildman–Crippen MR) is 213 cm³/mol. The Labute approximate surface area is 326 Å². The molecule has 1 aliphatic heterocycles. The third-order valence-electron chi connectivity index (χ3n) is 9.89. The summed E-state index contributed by atoms with van der Waals surface area (Å²) >= 11 is 0. The van der Waals surface area contributed by atoms with E-state index < -0.39 is 35.8 Å². The first-order valence-electron chi connectivity index (χ1n) is 19.4. The first kappa shape index (κ1) is 42.8. The topological polar surface area (TPSA) is 138 Å². The second-order valence-corrected chi connectivity index (χ2v) is 16.1. The summed E-state index contributed by atoms with van der Waals surface area (Å²) in [5.74, 6) is -1.17. The fourth-order valence-electron chi connectivity index (χ4n) is 6.86. The van der Waals surface area contributed by atoms with E-state index in [4.69, 9.17) is 9.47 Å². The van der Waals surface area contributed by atoms with Crippen LogP contribution in [-0.4, -0.2) is 89.4 Å². The fraction of sp³-hybridized carbons (Fsp3) is 0.500. The smallest absolute Gasteiger partial charge is 0.409 e. The summed E-state index contributed by atoms with van der Waals surface area (Å²) in [7, 11) is 1.73. The van der Waals surface area contributed by atoms with Gasteiger partial charge in [-0.3, -0.25) is 9.59 Å². The quantitative estimate of drug-likeness (QED) is 0.154. The lowest BCUT2D eigenvalue weighted by molar-refractivity contribution is -0.140. The van der Waals surface area contributed by atoms with Crippen molar-refractivity contribution in [1.29, 1.82) is 0 Å². The SMILES string of the molecule is CC(C)[C@H](NC(=O)[C@@H](Cc1ccccc1)C[C@@H](O)[C@H](Cc1ccccc1)NC(=O)OC(C)(C)C)C(=O)N1CCC(CN(C)C(=O)OCc2ccccc2)CC1. The zero-order chi connectivity index (χ0) is 40.0. The second kappa shape index (κ2) is 20.7. The lowest BCUT2D eigenvalue weighted by Gasteiger charge is -2.37. The van der Waals surface area contributed by atoms with Crippen molar-refractivity contribution in [3.8, 4) is 0 Å². The molecule has 3 aromatic rings. The molecule has 1 saturated heterocycles. The average molecular weight is 757 g/mol. The molecule has 4 atom stereocenters. The maximum absolute atomic E-state index is 14.2. The van der Waals surface area contributed by atoms with Gasteiger partial charge in [0.2, 0.25) is 11.8 Å². The van der Waals surface area contributed by atoms with E-state index in [9.17, 15) is 24.3 Å². The highest BCUT2D eigenvalue weighted by molar-refractivity contribution is 5.89. The first-order chi connectivity index (χ1) is 26.2. The van der Waals surface area contributed by atoms with E-state index in [-0.39, 0.29) is 42.8 Å². The second-order valence-electron chi connectivity index (χ2n) is 16.1. The van der Waals surface area contributed by atoms with Gasteiger partial charge < -0.3 is 35.0 Å². The third kappa shape index (κ3) is 14.4. The van der Waals surface area contributed by atoms with Gasteiger partial charge in [0.1, 0.15) is 18.2 Å². The number of rotatable bonds is 16. The molecule has 0 bridgehead atoms. The molecule has 0 aromatic heterocycles. The molecule has 0 saturated carbocycles. The lowest BCUT2D eigenvalue weighted by atomic mass is 9.88. The molecule has 1 aliphatic rings. The van der Waals surface area contributed by atoms with E-state index >= 15 is 0 Å². The van der Waals surface area contributed by atoms with Gasteiger partial charge in [-0.1, -0.05) is 105 Å². The van der Waals surface area contributed by atoms with Crippen molar-refractivity contribution in [2.75, 3.05) is 26.7 Å². The van der Waals surface area contributed by atoms with Gasteiger partial charge in [0.15, 0.2) is 0 Å². The number of piperidine rings is 1. The highest BCUT2D eigenvalue weighted by Crippen LogP contribution is 2.23. The number of alkyl carbamates (subject to hydrolysis) is 1. The number of carbonyl (C=O) groups excluding carboxylic acids is 4. The number of amides is 4. The maximum Gasteiger partial charge on any atom is 0.409 e. The van der Waals surface area contributed by atoms with Crippen LogP contribution in [0, 0.1) is 17.8 Å². The average Bonchev–Trinajstić information content (AvgIpc) is 3.15. The highest BCUT2D eigenvalue weighted by atomic mass is 16.6. The maximum atomic E-state index is 14.2. The molecule has 1 heterocycles. The van der Waals surface area contributed by atoms with Gasteiger partial charge in [0.25, 0.3) is 0 Å². The van der Waals surface area contributed by atoms with Gasteiger partial charge in [-0.2, -0.15) is 0 Å². The van der Waals surface area contributed by atoms with Crippen molar-refractivity contribution in [2.24, 2.45) is 17.8 Å². The molecule has 0 radical (unpaired) electrons. The summed E-state index contributed by atoms with van der Waals surface area (Å²) in [6, 6.07) is 27.1. The van der Waals surface area contributed by atoms with E-state index in [1.54, 1.807) is 37.6 Å². The Morgan fingerprint density at radius 3 is 1.87 bits per heavy atom. The summed E-state index contributed by atoms with van der Waals surface area (Å²) in [4.78, 5) is 57.1. The number of carbonyl (C=O) groups is 4. The molecular weight excluding hydrogens is 697 g/mol. The summed E-state index contributed by atoms with van der Waals surface area (Å²) in [5.41, 5.74) is 2.02. The van der Waals surface area contributed by atoms with E-state index in [2.05, 4.69) is 10.6 Å². The highest BCUT2D eigenvalue weighted by Gasteiger charge is 2.35. The van der Waals surface area contributed by atoms with Crippen molar-refractivity contribution in [2.45, 2.75) is 97.1 Å². The monoisotopic (exact) mass is 756 g/mol. The van der Waals surface area contributed by atoms with Crippen LogP contribution in [0.25, 0.3) is 0 Å². The number of aliphatic hydroxyl groups excluding tert-OH is 1. The van der Waals surface area contributed by atoms with Crippen LogP contribution in [0.4, 0.5) is 9.59 Å². The minimum absolute atomic E-state index is 0.0414. The molecule has 4 amide bonds. The molecule has 1 fully saturated rings. The Bertz CT molecular complexity index is 1640. The first-order valence-corrected chi connectivity index (χ1v) is 19.4. The zero-order valence-corrected chi connectivity index (χ0v) is 33.3. The van der Waals surface area contributed by atoms with Gasteiger partial charge in [-0.05, 0) is 81.4 Å². The molecule has 3 N–H and O–H groups in total. The molecule has 0 unspecified atom stereocenters. The van der Waals surface area contributed by atoms with Gasteiger partial charge in [-0.15, -0.1) is 0 Å². The Morgan fingerprint density at radius 1 is 0.818 bits per heavy atom. The normalized spacial score (nSPS) is 15.7. The number of ether oxygens (including phenoxy) is 2. The Hall–Kier alpha value is -4.90. The van der Waals surface area contributed by atoms with Crippen molar-refractivity contribution >= 4 is 24.0 Å². The van der Waals surface area contributed by atoms with E-state index in [1.165, 1.54) is 0 Å².